The minimum absolute atomic E-state index is 0.126. The summed E-state index contributed by atoms with van der Waals surface area (Å²) in [5.41, 5.74) is 0.881. The number of amides is 3. The predicted molar refractivity (Wildman–Crippen MR) is 157 cm³/mol. The van der Waals surface area contributed by atoms with Gasteiger partial charge in [-0.15, -0.1) is 11.3 Å². The molecule has 3 N–H and O–H groups in total. The molecule has 0 saturated carbocycles. The van der Waals surface area contributed by atoms with Gasteiger partial charge in [-0.2, -0.15) is 0 Å². The number of sulfonamides is 1. The number of hydrogen-bond acceptors (Lipinski definition) is 9. The minimum Gasteiger partial charge on any atom is -0.487 e. The lowest BCUT2D eigenvalue weighted by molar-refractivity contribution is 0.0371. The van der Waals surface area contributed by atoms with Crippen molar-refractivity contribution >= 4 is 44.7 Å². The zero-order valence-corrected chi connectivity index (χ0v) is 24.9. The van der Waals surface area contributed by atoms with E-state index >= 15 is 0 Å². The van der Waals surface area contributed by atoms with Crippen LogP contribution in [0.25, 0.3) is 0 Å². The number of ether oxygens (including phenoxy) is 3. The summed E-state index contributed by atoms with van der Waals surface area (Å²) in [6, 6.07) is 11.9. The Kier molecular flexibility index (Phi) is 8.48. The van der Waals surface area contributed by atoms with Crippen molar-refractivity contribution in [1.29, 1.82) is 0 Å². The molecule has 1 aromatic heterocycles. The number of nitrogens with zero attached hydrogens (tertiary/aromatic N) is 2. The Morgan fingerprint density at radius 1 is 1.14 bits per heavy atom. The second-order valence-corrected chi connectivity index (χ2v) is 13.1. The van der Waals surface area contributed by atoms with Crippen LogP contribution in [0.5, 0.6) is 17.2 Å². The van der Waals surface area contributed by atoms with Crippen LogP contribution in [0.15, 0.2) is 58.1 Å². The van der Waals surface area contributed by atoms with Crippen molar-refractivity contribution in [1.82, 2.24) is 9.80 Å². The van der Waals surface area contributed by atoms with Gasteiger partial charge in [-0.05, 0) is 48.7 Å². The third kappa shape index (κ3) is 6.25. The van der Waals surface area contributed by atoms with Crippen molar-refractivity contribution < 1.29 is 37.3 Å². The molecule has 0 saturated heterocycles. The molecule has 0 bridgehead atoms. The lowest BCUT2D eigenvalue weighted by atomic mass is 9.99. The maximum absolute atomic E-state index is 13.7. The summed E-state index contributed by atoms with van der Waals surface area (Å²) in [7, 11) is -2.20. The van der Waals surface area contributed by atoms with Gasteiger partial charge in [0.25, 0.3) is 15.9 Å². The Hall–Kier alpha value is -4.01. The first-order chi connectivity index (χ1) is 20.1. The normalized spacial score (nSPS) is 18.8. The topological polar surface area (TPSA) is 147 Å². The van der Waals surface area contributed by atoms with Gasteiger partial charge in [-0.3, -0.25) is 9.52 Å². The fourth-order valence-corrected chi connectivity index (χ4v) is 6.71. The molecule has 0 radical (unpaired) electrons. The molecule has 42 heavy (non-hydrogen) atoms. The molecule has 0 unspecified atom stereocenters. The van der Waals surface area contributed by atoms with Crippen molar-refractivity contribution in [3.05, 3.63) is 59.5 Å². The van der Waals surface area contributed by atoms with Gasteiger partial charge >= 0.3 is 6.03 Å². The van der Waals surface area contributed by atoms with Gasteiger partial charge in [0, 0.05) is 37.0 Å². The second-order valence-electron chi connectivity index (χ2n) is 10.2. The lowest BCUT2D eigenvalue weighted by Gasteiger charge is -2.38. The van der Waals surface area contributed by atoms with Crippen molar-refractivity contribution in [2.45, 2.75) is 30.2 Å². The first-order valence-electron chi connectivity index (χ1n) is 13.3. The van der Waals surface area contributed by atoms with Crippen LogP contribution in [0.3, 0.4) is 0 Å². The van der Waals surface area contributed by atoms with Crippen LogP contribution in [-0.4, -0.2) is 80.9 Å². The minimum atomic E-state index is -3.84. The number of carbonyl (C=O) groups excluding carboxylic acids is 2. The van der Waals surface area contributed by atoms with Crippen molar-refractivity contribution in [2.75, 3.05) is 43.6 Å². The Balaban J connectivity index is 1.38. The Morgan fingerprint density at radius 3 is 2.62 bits per heavy atom. The van der Waals surface area contributed by atoms with E-state index < -0.39 is 28.1 Å². The van der Waals surface area contributed by atoms with E-state index in [9.17, 15) is 23.1 Å². The molecule has 14 heteroatoms. The number of aliphatic hydroxyl groups excluding tert-OH is 1. The van der Waals surface area contributed by atoms with Gasteiger partial charge in [0.15, 0.2) is 11.5 Å². The SMILES string of the molecule is C[C@H]1CN([C@@H](C)CO)C(=O)c2cc(NS(=O)(=O)c3cccs3)ccc2O[C@H]1CN(C)C(=O)Nc1ccc2c(c1)OCO2. The summed E-state index contributed by atoms with van der Waals surface area (Å²) in [5.74, 6) is 0.770. The zero-order valence-electron chi connectivity index (χ0n) is 23.3. The summed E-state index contributed by atoms with van der Waals surface area (Å²) >= 11 is 1.08. The number of fused-ring (bicyclic) bond motifs is 2. The van der Waals surface area contributed by atoms with Gasteiger partial charge < -0.3 is 34.4 Å². The van der Waals surface area contributed by atoms with Crippen LogP contribution in [0, 0.1) is 5.92 Å². The fourth-order valence-electron chi connectivity index (χ4n) is 4.67. The Labute approximate surface area is 247 Å². The number of hydrogen-bond donors (Lipinski definition) is 3. The number of urea groups is 1. The summed E-state index contributed by atoms with van der Waals surface area (Å²) in [5, 5.41) is 14.4. The van der Waals surface area contributed by atoms with E-state index in [4.69, 9.17) is 14.2 Å². The van der Waals surface area contributed by atoms with E-state index in [1.165, 1.54) is 23.1 Å². The van der Waals surface area contributed by atoms with E-state index in [1.54, 1.807) is 54.6 Å². The van der Waals surface area contributed by atoms with E-state index in [1.807, 2.05) is 6.92 Å². The molecule has 0 spiro atoms. The summed E-state index contributed by atoms with van der Waals surface area (Å²) in [6.07, 6.45) is -0.536. The standard InChI is InChI=1S/C28H32N4O8S2/c1-17-13-32(18(2)15-33)27(34)21-11-20(30-42(36,37)26-5-4-10-41-26)7-8-22(21)40-25(17)14-31(3)28(35)29-19-6-9-23-24(12-19)39-16-38-23/h4-12,17-18,25,30,33H,13-16H2,1-3H3,(H,29,35)/t17-,18-,25-/m0/s1. The molecule has 12 nitrogen and oxygen atoms in total. The van der Waals surface area contributed by atoms with Gasteiger partial charge in [-0.1, -0.05) is 13.0 Å². The van der Waals surface area contributed by atoms with Crippen LogP contribution in [0.2, 0.25) is 0 Å². The van der Waals surface area contributed by atoms with Gasteiger partial charge in [0.1, 0.15) is 16.1 Å². The quantitative estimate of drug-likeness (QED) is 0.348. The lowest BCUT2D eigenvalue weighted by Crippen LogP contribution is -2.50. The molecule has 2 aliphatic rings. The number of anilines is 2. The fraction of sp³-hybridized carbons (Fsp3) is 0.357. The molecule has 0 aliphatic carbocycles. The van der Waals surface area contributed by atoms with Crippen molar-refractivity contribution in [3.63, 3.8) is 0 Å². The number of carbonyl (C=O) groups is 2. The average Bonchev–Trinajstić information content (AvgIpc) is 3.67. The highest BCUT2D eigenvalue weighted by Crippen LogP contribution is 2.35. The number of thiophene rings is 1. The molecule has 2 aliphatic heterocycles. The van der Waals surface area contributed by atoms with Crippen molar-refractivity contribution in [3.8, 4) is 17.2 Å². The number of nitrogens with one attached hydrogen (secondary N) is 2. The first-order valence-corrected chi connectivity index (χ1v) is 15.6. The highest BCUT2D eigenvalue weighted by Gasteiger charge is 2.34. The molecule has 5 rings (SSSR count). The van der Waals surface area contributed by atoms with Crippen LogP contribution in [-0.2, 0) is 10.0 Å². The van der Waals surface area contributed by atoms with Crippen LogP contribution in [0.4, 0.5) is 16.2 Å². The molecule has 0 fully saturated rings. The molecule has 3 heterocycles. The van der Waals surface area contributed by atoms with Gasteiger partial charge in [0.2, 0.25) is 6.79 Å². The smallest absolute Gasteiger partial charge is 0.321 e. The molecule has 224 valence electrons. The van der Waals surface area contributed by atoms with E-state index in [2.05, 4.69) is 10.0 Å². The second kappa shape index (κ2) is 12.1. The molecule has 3 amide bonds. The number of benzene rings is 2. The molecule has 2 aromatic carbocycles. The third-order valence-electron chi connectivity index (χ3n) is 7.10. The summed E-state index contributed by atoms with van der Waals surface area (Å²) < 4.78 is 45.3. The molecule has 3 atom stereocenters. The van der Waals surface area contributed by atoms with Gasteiger partial charge in [0.05, 0.1) is 24.8 Å². The largest absolute Gasteiger partial charge is 0.487 e. The van der Waals surface area contributed by atoms with E-state index in [-0.39, 0.29) is 59.6 Å². The van der Waals surface area contributed by atoms with Crippen LogP contribution < -0.4 is 24.2 Å². The van der Waals surface area contributed by atoms with E-state index in [0.29, 0.717) is 17.2 Å². The molecular formula is C28H32N4O8S2. The van der Waals surface area contributed by atoms with Gasteiger partial charge in [-0.25, -0.2) is 13.2 Å². The summed E-state index contributed by atoms with van der Waals surface area (Å²) in [4.78, 5) is 29.8. The predicted octanol–water partition coefficient (Wildman–Crippen LogP) is 3.66. The van der Waals surface area contributed by atoms with Crippen LogP contribution in [0.1, 0.15) is 24.2 Å². The first kappa shape index (κ1) is 29.5. The highest BCUT2D eigenvalue weighted by atomic mass is 32.2. The number of rotatable bonds is 8. The maximum Gasteiger partial charge on any atom is 0.321 e. The van der Waals surface area contributed by atoms with E-state index in [0.717, 1.165) is 11.3 Å². The monoisotopic (exact) mass is 616 g/mol. The van der Waals surface area contributed by atoms with Crippen LogP contribution >= 0.6 is 11.3 Å². The molecular weight excluding hydrogens is 584 g/mol. The zero-order chi connectivity index (χ0) is 30.0. The Bertz CT molecular complexity index is 1560. The number of likely N-dealkylation sites (N-methyl/N-ethyl adjacent to an activating group) is 1. The highest BCUT2D eigenvalue weighted by molar-refractivity contribution is 7.94. The summed E-state index contributed by atoms with van der Waals surface area (Å²) in [6.45, 7) is 3.93. The van der Waals surface area contributed by atoms with Crippen molar-refractivity contribution in [2.24, 2.45) is 5.92 Å². The third-order valence-corrected chi connectivity index (χ3v) is 9.88. The number of aliphatic hydroxyl groups is 1. The Morgan fingerprint density at radius 2 is 1.88 bits per heavy atom. The molecule has 3 aromatic rings. The average molecular weight is 617 g/mol. The maximum atomic E-state index is 13.7.